The average molecular weight is 239 g/mol. The van der Waals surface area contributed by atoms with E-state index in [0.29, 0.717) is 18.6 Å². The fourth-order valence-electron chi connectivity index (χ4n) is 1.19. The lowest BCUT2D eigenvalue weighted by atomic mass is 9.89. The van der Waals surface area contributed by atoms with Crippen molar-refractivity contribution in [2.24, 2.45) is 5.41 Å². The maximum atomic E-state index is 10.8. The van der Waals surface area contributed by atoms with Crippen molar-refractivity contribution in [1.29, 1.82) is 0 Å². The van der Waals surface area contributed by atoms with Crippen molar-refractivity contribution < 1.29 is 14.4 Å². The molecule has 4 nitrogen and oxygen atoms in total. The highest BCUT2D eigenvalue weighted by Crippen LogP contribution is 2.19. The third kappa shape index (κ3) is 6.66. The Morgan fingerprint density at radius 2 is 1.59 bits per heavy atom. The fraction of sp³-hybridized carbons (Fsp3) is 0.615. The zero-order valence-electron chi connectivity index (χ0n) is 11.2. The highest BCUT2D eigenvalue weighted by Gasteiger charge is 2.17. The van der Waals surface area contributed by atoms with Gasteiger partial charge in [-0.2, -0.15) is 0 Å². The smallest absolute Gasteiger partial charge is 0.253 e. The topological polar surface area (TPSA) is 54.5 Å². The fourth-order valence-corrected chi connectivity index (χ4v) is 1.19. The molecule has 0 aromatic rings. The van der Waals surface area contributed by atoms with Crippen molar-refractivity contribution in [3.63, 3.8) is 0 Å². The van der Waals surface area contributed by atoms with Gasteiger partial charge in [-0.3, -0.25) is 19.3 Å². The summed E-state index contributed by atoms with van der Waals surface area (Å²) < 4.78 is 0. The van der Waals surface area contributed by atoms with E-state index in [0.717, 1.165) is 4.90 Å². The van der Waals surface area contributed by atoms with Gasteiger partial charge in [0.15, 0.2) is 0 Å². The van der Waals surface area contributed by atoms with Gasteiger partial charge in [-0.1, -0.05) is 27.7 Å². The Hall–Kier alpha value is -1.45. The molecule has 0 aromatic carbocycles. The first-order chi connectivity index (χ1) is 7.67. The van der Waals surface area contributed by atoms with E-state index in [2.05, 4.69) is 20.8 Å². The van der Waals surface area contributed by atoms with Crippen LogP contribution in [-0.4, -0.2) is 29.5 Å². The minimum Gasteiger partial charge on any atom is -0.300 e. The van der Waals surface area contributed by atoms with E-state index in [1.807, 2.05) is 6.92 Å². The number of carbonyl (C=O) groups excluding carboxylic acids is 3. The highest BCUT2D eigenvalue weighted by molar-refractivity contribution is 6.12. The van der Waals surface area contributed by atoms with E-state index in [4.69, 9.17) is 0 Å². The second-order valence-corrected chi connectivity index (χ2v) is 5.20. The number of likely N-dealkylation sites (N-methyl/N-ethyl adjacent to an activating group) is 1. The third-order valence-electron chi connectivity index (χ3n) is 2.15. The van der Waals surface area contributed by atoms with Crippen LogP contribution in [0.5, 0.6) is 0 Å². The molecule has 0 unspecified atom stereocenters. The van der Waals surface area contributed by atoms with Gasteiger partial charge in [0.2, 0.25) is 0 Å². The summed E-state index contributed by atoms with van der Waals surface area (Å²) in [7, 11) is 1.45. The molecule has 2 amide bonds. The zero-order valence-corrected chi connectivity index (χ0v) is 11.2. The summed E-state index contributed by atoms with van der Waals surface area (Å²) >= 11 is 0. The lowest BCUT2D eigenvalue weighted by Gasteiger charge is -2.15. The molecule has 0 spiro atoms. The second-order valence-electron chi connectivity index (χ2n) is 5.20. The largest absolute Gasteiger partial charge is 0.300 e. The number of Topliss-reactive ketones (excluding diaryl/α,β-unsaturated/α-hetero) is 1. The van der Waals surface area contributed by atoms with E-state index in [9.17, 15) is 14.4 Å². The van der Waals surface area contributed by atoms with Gasteiger partial charge in [-0.15, -0.1) is 0 Å². The number of ketones is 1. The number of carbonyl (C=O) groups is 3. The van der Waals surface area contributed by atoms with E-state index in [1.54, 1.807) is 0 Å². The number of hydrogen-bond donors (Lipinski definition) is 0. The van der Waals surface area contributed by atoms with Gasteiger partial charge in [0, 0.05) is 32.0 Å². The van der Waals surface area contributed by atoms with Crippen LogP contribution in [0.4, 0.5) is 0 Å². The molecule has 96 valence electrons. The molecule has 1 aliphatic heterocycles. The van der Waals surface area contributed by atoms with Crippen LogP contribution in [0.15, 0.2) is 12.2 Å². The summed E-state index contributed by atoms with van der Waals surface area (Å²) in [5, 5.41) is 0. The molecule has 0 saturated carbocycles. The number of amides is 2. The molecule has 0 radical (unpaired) electrons. The van der Waals surface area contributed by atoms with Crippen LogP contribution >= 0.6 is 0 Å². The van der Waals surface area contributed by atoms with E-state index in [-0.39, 0.29) is 17.2 Å². The van der Waals surface area contributed by atoms with E-state index < -0.39 is 0 Å². The Morgan fingerprint density at radius 3 is 1.71 bits per heavy atom. The Kier molecular flexibility index (Phi) is 5.79. The minimum absolute atomic E-state index is 0.174. The Labute approximate surface area is 103 Å². The van der Waals surface area contributed by atoms with Crippen LogP contribution < -0.4 is 0 Å². The SMILES string of the molecule is CCC(=O)CC(C)(C)C.CN1C(=O)C=CC1=O. The number of imide groups is 1. The lowest BCUT2D eigenvalue weighted by molar-refractivity contribution is -0.135. The predicted octanol–water partition coefficient (Wildman–Crippen LogP) is 1.94. The molecule has 0 aromatic heterocycles. The summed E-state index contributed by atoms with van der Waals surface area (Å²) in [6.45, 7) is 8.16. The van der Waals surface area contributed by atoms with Gasteiger partial charge in [0.05, 0.1) is 0 Å². The van der Waals surface area contributed by atoms with Gasteiger partial charge in [0.1, 0.15) is 5.78 Å². The summed E-state index contributed by atoms with van der Waals surface area (Å²) in [4.78, 5) is 32.7. The van der Waals surface area contributed by atoms with Gasteiger partial charge >= 0.3 is 0 Å². The average Bonchev–Trinajstić information content (AvgIpc) is 2.48. The standard InChI is InChI=1S/C8H16O.C5H5NO2/c1-5-7(9)6-8(2,3)4;1-6-4(7)2-3-5(6)8/h5-6H2,1-4H3;2-3H,1H3. The molecule has 1 heterocycles. The van der Waals surface area contributed by atoms with Gasteiger partial charge in [-0.25, -0.2) is 0 Å². The summed E-state index contributed by atoms with van der Waals surface area (Å²) in [5.41, 5.74) is 0.174. The number of hydrogen-bond acceptors (Lipinski definition) is 3. The molecule has 0 fully saturated rings. The zero-order chi connectivity index (χ0) is 13.6. The predicted molar refractivity (Wildman–Crippen MR) is 66.3 cm³/mol. The first kappa shape index (κ1) is 15.6. The van der Waals surface area contributed by atoms with Crippen molar-refractivity contribution in [3.8, 4) is 0 Å². The van der Waals surface area contributed by atoms with E-state index in [1.165, 1.54) is 19.2 Å². The van der Waals surface area contributed by atoms with Gasteiger partial charge < -0.3 is 0 Å². The summed E-state index contributed by atoms with van der Waals surface area (Å²) in [6.07, 6.45) is 3.89. The van der Waals surface area contributed by atoms with Crippen molar-refractivity contribution in [2.45, 2.75) is 40.5 Å². The molecular formula is C13H21NO3. The molecule has 17 heavy (non-hydrogen) atoms. The molecule has 0 bridgehead atoms. The van der Waals surface area contributed by atoms with E-state index >= 15 is 0 Å². The molecule has 0 saturated heterocycles. The summed E-state index contributed by atoms with van der Waals surface area (Å²) in [6, 6.07) is 0. The molecule has 4 heteroatoms. The van der Waals surface area contributed by atoms with Crippen LogP contribution in [0.25, 0.3) is 0 Å². The van der Waals surface area contributed by atoms with Crippen LogP contribution in [-0.2, 0) is 14.4 Å². The lowest BCUT2D eigenvalue weighted by Crippen LogP contribution is -2.24. The Bertz CT molecular complexity index is 319. The minimum atomic E-state index is -0.241. The van der Waals surface area contributed by atoms with Crippen molar-refractivity contribution >= 4 is 17.6 Å². The molecule has 1 rings (SSSR count). The van der Waals surface area contributed by atoms with Gasteiger partial charge in [-0.05, 0) is 5.41 Å². The highest BCUT2D eigenvalue weighted by atomic mass is 16.2. The van der Waals surface area contributed by atoms with Crippen LogP contribution in [0.3, 0.4) is 0 Å². The molecule has 0 N–H and O–H groups in total. The number of rotatable bonds is 2. The quantitative estimate of drug-likeness (QED) is 0.692. The first-order valence-corrected chi connectivity index (χ1v) is 5.69. The Morgan fingerprint density at radius 1 is 1.18 bits per heavy atom. The Balaban J connectivity index is 0.000000302. The molecule has 0 aliphatic carbocycles. The van der Waals surface area contributed by atoms with Crippen molar-refractivity contribution in [3.05, 3.63) is 12.2 Å². The second kappa shape index (κ2) is 6.33. The van der Waals surface area contributed by atoms with Crippen molar-refractivity contribution in [1.82, 2.24) is 4.90 Å². The normalized spacial score (nSPS) is 14.8. The van der Waals surface area contributed by atoms with Crippen molar-refractivity contribution in [2.75, 3.05) is 7.05 Å². The number of nitrogens with zero attached hydrogens (tertiary/aromatic N) is 1. The third-order valence-corrected chi connectivity index (χ3v) is 2.15. The first-order valence-electron chi connectivity index (χ1n) is 5.69. The monoisotopic (exact) mass is 239 g/mol. The van der Waals surface area contributed by atoms with Gasteiger partial charge in [0.25, 0.3) is 11.8 Å². The van der Waals surface area contributed by atoms with Crippen LogP contribution in [0.2, 0.25) is 0 Å². The van der Waals surface area contributed by atoms with Crippen LogP contribution in [0.1, 0.15) is 40.5 Å². The molecule has 0 atom stereocenters. The molecular weight excluding hydrogens is 218 g/mol. The van der Waals surface area contributed by atoms with Crippen LogP contribution in [0, 0.1) is 5.41 Å². The molecule has 1 aliphatic rings. The summed E-state index contributed by atoms with van der Waals surface area (Å²) in [5.74, 6) is -0.118. The maximum absolute atomic E-state index is 10.8. The maximum Gasteiger partial charge on any atom is 0.253 e.